The molecular weight excluding hydrogens is 720 g/mol. The molecule has 0 aromatic heterocycles. The first-order chi connectivity index (χ1) is 25.2. The van der Waals surface area contributed by atoms with Gasteiger partial charge in [-0.1, -0.05) is 30.3 Å². The van der Waals surface area contributed by atoms with Crippen LogP contribution in [-0.4, -0.2) is 85.7 Å². The van der Waals surface area contributed by atoms with Gasteiger partial charge in [0.2, 0.25) is 41.4 Å². The number of carbonyl (C=O) groups is 9. The second kappa shape index (κ2) is 19.5. The summed E-state index contributed by atoms with van der Waals surface area (Å²) in [5.41, 5.74) is -6.56. The lowest BCUT2D eigenvalue weighted by Crippen LogP contribution is -2.55. The third kappa shape index (κ3) is 14.5. The molecule has 0 aliphatic rings. The number of carbonyl (C=O) groups excluding carboxylic acids is 9. The monoisotopic (exact) mass is 776 g/mol. The molecule has 19 nitrogen and oxygen atoms in total. The van der Waals surface area contributed by atoms with E-state index in [0.29, 0.717) is 0 Å². The van der Waals surface area contributed by atoms with Crippen LogP contribution in [-0.2, 0) is 54.4 Å². The Morgan fingerprint density at radius 1 is 0.436 bits per heavy atom. The normalized spacial score (nSPS) is 11.8. The minimum Gasteiger partial charge on any atom is -0.460 e. The van der Waals surface area contributed by atoms with Crippen molar-refractivity contribution in [3.8, 4) is 0 Å². The molecule has 0 aliphatic carbocycles. The minimum absolute atomic E-state index is 0.0244. The summed E-state index contributed by atoms with van der Waals surface area (Å²) in [5.74, 6) is -6.14. The standard InChI is InChI=1S/C36H56N8O11/c1-32(2,3)55-31(53)44-21-43-28(50)35(8,9)27(49)40-19-39-24(46)33(4,5)23(45)37-18-38-25(47)34(6,7)26(48)41-20-42-29(51)36(10,11)30(52)54-17-22-15-13-12-14-16-22/h12-16H,17-21H2,1-11H3,(H,37,45)(H,38,47)(H,39,46)(H,40,49)(H,41,48)(H,42,51)(H,43,50)(H,44,53). The maximum atomic E-state index is 12.8. The Balaban J connectivity index is 2.52. The molecule has 0 bridgehead atoms. The van der Waals surface area contributed by atoms with Gasteiger partial charge in [0.1, 0.15) is 33.9 Å². The van der Waals surface area contributed by atoms with Gasteiger partial charge in [0.25, 0.3) is 0 Å². The van der Waals surface area contributed by atoms with E-state index in [4.69, 9.17) is 9.47 Å². The van der Waals surface area contributed by atoms with E-state index in [2.05, 4.69) is 42.5 Å². The van der Waals surface area contributed by atoms with Gasteiger partial charge in [-0.25, -0.2) is 4.79 Å². The first-order valence-corrected chi connectivity index (χ1v) is 17.3. The van der Waals surface area contributed by atoms with Crippen LogP contribution in [0.2, 0.25) is 0 Å². The number of amides is 8. The van der Waals surface area contributed by atoms with Crippen LogP contribution in [0.15, 0.2) is 30.3 Å². The van der Waals surface area contributed by atoms with Crippen LogP contribution in [0.5, 0.6) is 0 Å². The van der Waals surface area contributed by atoms with E-state index in [1.54, 1.807) is 45.0 Å². The molecule has 8 N–H and O–H groups in total. The van der Waals surface area contributed by atoms with E-state index >= 15 is 0 Å². The highest BCUT2D eigenvalue weighted by Crippen LogP contribution is 2.20. The smallest absolute Gasteiger partial charge is 0.409 e. The average Bonchev–Trinajstić information content (AvgIpc) is 3.09. The number of ether oxygens (including phenoxy) is 2. The number of hydrogen-bond donors (Lipinski definition) is 8. The molecule has 0 spiro atoms. The largest absolute Gasteiger partial charge is 0.460 e. The first-order valence-electron chi connectivity index (χ1n) is 17.3. The lowest BCUT2D eigenvalue weighted by molar-refractivity contribution is -0.160. The fraction of sp³-hybridized carbons (Fsp3) is 0.583. The quantitative estimate of drug-likeness (QED) is 0.0559. The van der Waals surface area contributed by atoms with Gasteiger partial charge in [0.15, 0.2) is 0 Å². The summed E-state index contributed by atoms with van der Waals surface area (Å²) >= 11 is 0. The lowest BCUT2D eigenvalue weighted by Gasteiger charge is -2.26. The summed E-state index contributed by atoms with van der Waals surface area (Å²) < 4.78 is 10.3. The van der Waals surface area contributed by atoms with Crippen molar-refractivity contribution in [2.75, 3.05) is 26.7 Å². The van der Waals surface area contributed by atoms with Crippen molar-refractivity contribution < 1.29 is 52.6 Å². The van der Waals surface area contributed by atoms with Gasteiger partial charge in [-0.2, -0.15) is 0 Å². The van der Waals surface area contributed by atoms with Gasteiger partial charge in [-0.3, -0.25) is 38.4 Å². The molecule has 19 heteroatoms. The lowest BCUT2D eigenvalue weighted by atomic mass is 9.90. The number of alkyl carbamates (subject to hydrolysis) is 1. The Hall–Kier alpha value is -5.75. The number of nitrogens with one attached hydrogen (secondary N) is 8. The molecule has 1 rings (SSSR count). The Bertz CT molecular complexity index is 1600. The summed E-state index contributed by atoms with van der Waals surface area (Å²) in [6.45, 7) is 14.0. The molecule has 306 valence electrons. The predicted molar refractivity (Wildman–Crippen MR) is 197 cm³/mol. The van der Waals surface area contributed by atoms with Crippen LogP contribution in [0.1, 0.15) is 81.7 Å². The zero-order valence-corrected chi connectivity index (χ0v) is 33.4. The van der Waals surface area contributed by atoms with Crippen LogP contribution >= 0.6 is 0 Å². The molecule has 0 atom stereocenters. The van der Waals surface area contributed by atoms with E-state index in [1.807, 2.05) is 6.07 Å². The van der Waals surface area contributed by atoms with E-state index in [0.717, 1.165) is 5.56 Å². The second-order valence-corrected chi connectivity index (χ2v) is 15.5. The molecule has 0 unspecified atom stereocenters. The van der Waals surface area contributed by atoms with Gasteiger partial charge >= 0.3 is 12.1 Å². The number of esters is 1. The molecule has 0 heterocycles. The van der Waals surface area contributed by atoms with Crippen molar-refractivity contribution in [3.63, 3.8) is 0 Å². The summed E-state index contributed by atoms with van der Waals surface area (Å²) in [4.78, 5) is 114. The van der Waals surface area contributed by atoms with Gasteiger partial charge in [-0.15, -0.1) is 0 Å². The average molecular weight is 777 g/mol. The molecule has 0 saturated heterocycles. The fourth-order valence-electron chi connectivity index (χ4n) is 3.98. The molecule has 0 aliphatic heterocycles. The van der Waals surface area contributed by atoms with E-state index in [-0.39, 0.29) is 13.3 Å². The van der Waals surface area contributed by atoms with Gasteiger partial charge in [-0.05, 0) is 81.7 Å². The Morgan fingerprint density at radius 3 is 1.04 bits per heavy atom. The van der Waals surface area contributed by atoms with Crippen molar-refractivity contribution >= 4 is 53.4 Å². The number of benzene rings is 1. The highest BCUT2D eigenvalue weighted by atomic mass is 16.6. The number of hydrogen-bond acceptors (Lipinski definition) is 11. The van der Waals surface area contributed by atoms with Crippen molar-refractivity contribution in [2.24, 2.45) is 21.7 Å². The van der Waals surface area contributed by atoms with E-state index < -0.39 is 101 Å². The van der Waals surface area contributed by atoms with Gasteiger partial charge in [0, 0.05) is 0 Å². The maximum absolute atomic E-state index is 12.8. The van der Waals surface area contributed by atoms with Crippen LogP contribution in [0, 0.1) is 21.7 Å². The summed E-state index contributed by atoms with van der Waals surface area (Å²) in [6.07, 6.45) is -0.764. The summed E-state index contributed by atoms with van der Waals surface area (Å²) in [7, 11) is 0. The maximum Gasteiger partial charge on any atom is 0.409 e. The predicted octanol–water partition coefficient (Wildman–Crippen LogP) is 0.00270. The third-order valence-electron chi connectivity index (χ3n) is 8.07. The van der Waals surface area contributed by atoms with Gasteiger partial charge in [0.05, 0.1) is 26.7 Å². The van der Waals surface area contributed by atoms with E-state index in [9.17, 15) is 43.2 Å². The van der Waals surface area contributed by atoms with Crippen LogP contribution < -0.4 is 42.5 Å². The minimum atomic E-state index is -1.69. The van der Waals surface area contributed by atoms with E-state index in [1.165, 1.54) is 55.4 Å². The Labute approximate surface area is 320 Å². The Kier molecular flexibility index (Phi) is 16.8. The fourth-order valence-corrected chi connectivity index (χ4v) is 3.98. The highest BCUT2D eigenvalue weighted by Gasteiger charge is 2.40. The second-order valence-electron chi connectivity index (χ2n) is 15.5. The molecular formula is C36H56N8O11. The number of rotatable bonds is 18. The molecule has 0 fully saturated rings. The molecule has 8 amide bonds. The SMILES string of the molecule is CC(C)(C)OC(=O)NCNC(=O)C(C)(C)C(=O)NCNC(=O)C(C)(C)C(=O)NCNC(=O)C(C)(C)C(=O)NCNC(=O)C(C)(C)C(=O)OCc1ccccc1. The molecule has 0 saturated carbocycles. The van der Waals surface area contributed by atoms with Crippen LogP contribution in [0.25, 0.3) is 0 Å². The van der Waals surface area contributed by atoms with Crippen molar-refractivity contribution in [1.29, 1.82) is 0 Å². The summed E-state index contributed by atoms with van der Waals surface area (Å²) in [5, 5.41) is 19.1. The topological polar surface area (TPSA) is 268 Å². The zero-order valence-electron chi connectivity index (χ0n) is 33.4. The third-order valence-corrected chi connectivity index (χ3v) is 8.07. The molecule has 1 aromatic carbocycles. The molecule has 1 aromatic rings. The Morgan fingerprint density at radius 2 is 0.727 bits per heavy atom. The van der Waals surface area contributed by atoms with Crippen molar-refractivity contribution in [3.05, 3.63) is 35.9 Å². The first kappa shape index (κ1) is 47.3. The zero-order chi connectivity index (χ0) is 42.4. The van der Waals surface area contributed by atoms with Crippen LogP contribution in [0.3, 0.4) is 0 Å². The van der Waals surface area contributed by atoms with Gasteiger partial charge < -0.3 is 52.0 Å². The van der Waals surface area contributed by atoms with Crippen molar-refractivity contribution in [1.82, 2.24) is 42.5 Å². The molecule has 55 heavy (non-hydrogen) atoms. The van der Waals surface area contributed by atoms with Crippen molar-refractivity contribution in [2.45, 2.75) is 88.4 Å². The highest BCUT2D eigenvalue weighted by molar-refractivity contribution is 6.07. The summed E-state index contributed by atoms with van der Waals surface area (Å²) in [6, 6.07) is 8.91. The van der Waals surface area contributed by atoms with Crippen LogP contribution in [0.4, 0.5) is 4.79 Å². The molecule has 0 radical (unpaired) electrons.